The second kappa shape index (κ2) is 10.7. The molecule has 130 valence electrons. The third-order valence-corrected chi connectivity index (χ3v) is 3.83. The maximum Gasteiger partial charge on any atom is 0.243 e. The van der Waals surface area contributed by atoms with Gasteiger partial charge in [-0.2, -0.15) is 0 Å². The molecule has 1 amide bonds. The number of carbonyl (C=O) groups is 1. The molecule has 0 fully saturated rings. The summed E-state index contributed by atoms with van der Waals surface area (Å²) in [5, 5.41) is 6.60. The summed E-state index contributed by atoms with van der Waals surface area (Å²) in [5.41, 5.74) is 0. The van der Waals surface area contributed by atoms with Gasteiger partial charge < -0.3 is 20.0 Å². The topological polar surface area (TPSA) is 69.9 Å². The molecule has 0 atom stereocenters. The smallest absolute Gasteiger partial charge is 0.243 e. The maximum atomic E-state index is 11.7. The van der Waals surface area contributed by atoms with Gasteiger partial charge in [-0.15, -0.1) is 0 Å². The Labute approximate surface area is 139 Å². The normalized spacial score (nSPS) is 11.6. The highest BCUT2D eigenvalue weighted by molar-refractivity contribution is 5.84. The van der Waals surface area contributed by atoms with Crippen LogP contribution in [0.25, 0.3) is 0 Å². The molecule has 0 aliphatic rings. The van der Waals surface area contributed by atoms with Crippen molar-refractivity contribution in [3.8, 4) is 0 Å². The van der Waals surface area contributed by atoms with Crippen molar-refractivity contribution in [1.82, 2.24) is 15.5 Å². The van der Waals surface area contributed by atoms with E-state index in [0.29, 0.717) is 18.4 Å². The lowest BCUT2D eigenvalue weighted by Gasteiger charge is -2.17. The number of amides is 1. The molecular weight excluding hydrogens is 292 g/mol. The highest BCUT2D eigenvalue weighted by atomic mass is 16.3. The molecule has 0 spiro atoms. The van der Waals surface area contributed by atoms with Crippen LogP contribution < -0.4 is 10.6 Å². The average molecular weight is 322 g/mol. The molecule has 23 heavy (non-hydrogen) atoms. The Morgan fingerprint density at radius 3 is 2.61 bits per heavy atom. The molecule has 6 heteroatoms. The number of furan rings is 1. The monoisotopic (exact) mass is 322 g/mol. The quantitative estimate of drug-likeness (QED) is 0.538. The fourth-order valence-corrected chi connectivity index (χ4v) is 2.04. The van der Waals surface area contributed by atoms with Crippen LogP contribution in [0.3, 0.4) is 0 Å². The molecule has 2 N–H and O–H groups in total. The molecule has 0 aromatic carbocycles. The minimum atomic E-state index is -0.0142. The molecule has 0 unspecified atom stereocenters. The maximum absolute atomic E-state index is 11.7. The summed E-state index contributed by atoms with van der Waals surface area (Å²) >= 11 is 0. The lowest BCUT2D eigenvalue weighted by atomic mass is 10.0. The molecule has 0 saturated carbocycles. The highest BCUT2D eigenvalue weighted by Gasteiger charge is 2.07. The molecule has 1 heterocycles. The lowest BCUT2D eigenvalue weighted by molar-refractivity contribution is -0.127. The van der Waals surface area contributed by atoms with Crippen LogP contribution in [-0.2, 0) is 11.2 Å². The van der Waals surface area contributed by atoms with Gasteiger partial charge in [0.2, 0.25) is 5.91 Å². The van der Waals surface area contributed by atoms with E-state index in [4.69, 9.17) is 4.42 Å². The second-order valence-corrected chi connectivity index (χ2v) is 5.77. The third kappa shape index (κ3) is 7.72. The van der Waals surface area contributed by atoms with Crippen molar-refractivity contribution in [2.24, 2.45) is 10.9 Å². The van der Waals surface area contributed by atoms with E-state index in [2.05, 4.69) is 29.5 Å². The number of aliphatic imine (C=N–C) groups is 1. The van der Waals surface area contributed by atoms with Crippen LogP contribution in [-0.4, -0.2) is 50.5 Å². The van der Waals surface area contributed by atoms with E-state index in [-0.39, 0.29) is 12.5 Å². The zero-order chi connectivity index (χ0) is 17.1. The van der Waals surface area contributed by atoms with Crippen LogP contribution >= 0.6 is 0 Å². The number of hydrogen-bond acceptors (Lipinski definition) is 3. The van der Waals surface area contributed by atoms with Crippen molar-refractivity contribution in [2.45, 2.75) is 33.1 Å². The van der Waals surface area contributed by atoms with Gasteiger partial charge >= 0.3 is 0 Å². The molecule has 0 saturated heterocycles. The van der Waals surface area contributed by atoms with Gasteiger partial charge in [-0.1, -0.05) is 26.7 Å². The van der Waals surface area contributed by atoms with Gasteiger partial charge in [-0.25, -0.2) is 4.99 Å². The zero-order valence-electron chi connectivity index (χ0n) is 14.8. The Hall–Kier alpha value is -1.98. The van der Waals surface area contributed by atoms with Crippen molar-refractivity contribution in [3.05, 3.63) is 24.2 Å². The van der Waals surface area contributed by atoms with Gasteiger partial charge in [0.25, 0.3) is 0 Å². The average Bonchev–Trinajstić information content (AvgIpc) is 3.05. The Bertz CT molecular complexity index is 465. The lowest BCUT2D eigenvalue weighted by Crippen LogP contribution is -2.41. The molecule has 0 radical (unpaired) electrons. The van der Waals surface area contributed by atoms with Gasteiger partial charge in [0, 0.05) is 33.6 Å². The van der Waals surface area contributed by atoms with E-state index < -0.39 is 0 Å². The Balaban J connectivity index is 2.52. The second-order valence-electron chi connectivity index (χ2n) is 5.77. The molecule has 6 nitrogen and oxygen atoms in total. The van der Waals surface area contributed by atoms with E-state index >= 15 is 0 Å². The molecule has 1 rings (SSSR count). The fourth-order valence-electron chi connectivity index (χ4n) is 2.04. The molecule has 0 aliphatic heterocycles. The first kappa shape index (κ1) is 19.1. The first-order chi connectivity index (χ1) is 11.1. The predicted molar refractivity (Wildman–Crippen MR) is 93.5 cm³/mol. The van der Waals surface area contributed by atoms with Crippen LogP contribution in [0.2, 0.25) is 0 Å². The van der Waals surface area contributed by atoms with Crippen LogP contribution in [0.15, 0.2) is 27.8 Å². The molecule has 1 aromatic rings. The van der Waals surface area contributed by atoms with Crippen LogP contribution in [0.4, 0.5) is 0 Å². The van der Waals surface area contributed by atoms with Gasteiger partial charge in [-0.05, 0) is 18.1 Å². The Morgan fingerprint density at radius 2 is 2.04 bits per heavy atom. The SMILES string of the molecule is CCC(CC)CNC(=NCC(=O)N(C)C)NCCc1ccco1. The number of guanidine groups is 1. The highest BCUT2D eigenvalue weighted by Crippen LogP contribution is 2.05. The van der Waals surface area contributed by atoms with E-state index in [1.807, 2.05) is 12.1 Å². The van der Waals surface area contributed by atoms with Crippen molar-refractivity contribution in [1.29, 1.82) is 0 Å². The summed E-state index contributed by atoms with van der Waals surface area (Å²) in [6, 6.07) is 3.83. The largest absolute Gasteiger partial charge is 0.469 e. The van der Waals surface area contributed by atoms with E-state index in [9.17, 15) is 4.79 Å². The zero-order valence-corrected chi connectivity index (χ0v) is 14.8. The summed E-state index contributed by atoms with van der Waals surface area (Å²) in [6.45, 7) is 6.08. The fraction of sp³-hybridized carbons (Fsp3) is 0.647. The van der Waals surface area contributed by atoms with Crippen molar-refractivity contribution >= 4 is 11.9 Å². The predicted octanol–water partition coefficient (Wildman–Crippen LogP) is 1.88. The number of carbonyl (C=O) groups excluding carboxylic acids is 1. The number of nitrogens with zero attached hydrogens (tertiary/aromatic N) is 2. The number of rotatable bonds is 9. The van der Waals surface area contributed by atoms with Gasteiger partial charge in [0.15, 0.2) is 5.96 Å². The number of hydrogen-bond donors (Lipinski definition) is 2. The van der Waals surface area contributed by atoms with Gasteiger partial charge in [-0.3, -0.25) is 4.79 Å². The molecule has 1 aromatic heterocycles. The van der Waals surface area contributed by atoms with Crippen LogP contribution in [0, 0.1) is 5.92 Å². The number of likely N-dealkylation sites (N-methyl/N-ethyl adjacent to an activating group) is 1. The minimum absolute atomic E-state index is 0.0142. The van der Waals surface area contributed by atoms with Crippen molar-refractivity contribution in [2.75, 3.05) is 33.7 Å². The van der Waals surface area contributed by atoms with Crippen molar-refractivity contribution < 1.29 is 9.21 Å². The first-order valence-electron chi connectivity index (χ1n) is 8.31. The van der Waals surface area contributed by atoms with Crippen LogP contribution in [0.1, 0.15) is 32.4 Å². The summed E-state index contributed by atoms with van der Waals surface area (Å²) in [6.07, 6.45) is 4.70. The van der Waals surface area contributed by atoms with Crippen molar-refractivity contribution in [3.63, 3.8) is 0 Å². The standard InChI is InChI=1S/C17H30N4O2/c1-5-14(6-2)12-19-17(20-13-16(22)21(3)4)18-10-9-15-8-7-11-23-15/h7-8,11,14H,5-6,9-10,12-13H2,1-4H3,(H2,18,19,20). The number of nitrogens with one attached hydrogen (secondary N) is 2. The van der Waals surface area contributed by atoms with E-state index in [1.54, 1.807) is 25.3 Å². The Morgan fingerprint density at radius 1 is 1.30 bits per heavy atom. The van der Waals surface area contributed by atoms with Gasteiger partial charge in [0.1, 0.15) is 12.3 Å². The van der Waals surface area contributed by atoms with Crippen LogP contribution in [0.5, 0.6) is 0 Å². The first-order valence-corrected chi connectivity index (χ1v) is 8.31. The summed E-state index contributed by atoms with van der Waals surface area (Å²) in [5.74, 6) is 2.20. The third-order valence-electron chi connectivity index (χ3n) is 3.83. The minimum Gasteiger partial charge on any atom is -0.469 e. The Kier molecular flexibility index (Phi) is 8.87. The summed E-state index contributed by atoms with van der Waals surface area (Å²) in [4.78, 5) is 17.6. The molecule has 0 bridgehead atoms. The van der Waals surface area contributed by atoms with Gasteiger partial charge in [0.05, 0.1) is 6.26 Å². The summed E-state index contributed by atoms with van der Waals surface area (Å²) in [7, 11) is 3.47. The summed E-state index contributed by atoms with van der Waals surface area (Å²) < 4.78 is 5.32. The van der Waals surface area contributed by atoms with E-state index in [1.165, 1.54) is 0 Å². The molecular formula is C17H30N4O2. The van der Waals surface area contributed by atoms with E-state index in [0.717, 1.165) is 31.6 Å². The molecule has 0 aliphatic carbocycles.